The fraction of sp³-hybridized carbons (Fsp3) is 0.941. The fourth-order valence-electron chi connectivity index (χ4n) is 4.01. The van der Waals surface area contributed by atoms with E-state index in [2.05, 4.69) is 12.2 Å². The third kappa shape index (κ3) is 4.47. The number of methoxy groups -OCH3 is 1. The molecule has 0 aromatic carbocycles. The normalized spacial score (nSPS) is 30.5. The SMILES string of the molecule is COC(=O)C(NC1CCCCCC1)C1CCCC(C)C1. The first-order valence-electron chi connectivity index (χ1n) is 8.54. The van der Waals surface area contributed by atoms with Crippen molar-refractivity contribution in [2.75, 3.05) is 7.11 Å². The van der Waals surface area contributed by atoms with Gasteiger partial charge in [0.05, 0.1) is 7.11 Å². The van der Waals surface area contributed by atoms with Crippen LogP contribution in [-0.4, -0.2) is 25.2 Å². The Morgan fingerprint density at radius 2 is 1.75 bits per heavy atom. The van der Waals surface area contributed by atoms with Gasteiger partial charge in [-0.2, -0.15) is 0 Å². The van der Waals surface area contributed by atoms with Crippen LogP contribution in [0.4, 0.5) is 0 Å². The van der Waals surface area contributed by atoms with Gasteiger partial charge in [0.1, 0.15) is 6.04 Å². The molecule has 3 atom stereocenters. The van der Waals surface area contributed by atoms with Crippen LogP contribution in [0, 0.1) is 11.8 Å². The van der Waals surface area contributed by atoms with Gasteiger partial charge in [0.15, 0.2) is 0 Å². The second-order valence-electron chi connectivity index (χ2n) is 6.89. The van der Waals surface area contributed by atoms with E-state index < -0.39 is 0 Å². The smallest absolute Gasteiger partial charge is 0.323 e. The number of hydrogen-bond acceptors (Lipinski definition) is 3. The monoisotopic (exact) mass is 281 g/mol. The van der Waals surface area contributed by atoms with Crippen molar-refractivity contribution in [3.8, 4) is 0 Å². The summed E-state index contributed by atoms with van der Waals surface area (Å²) in [7, 11) is 1.52. The van der Waals surface area contributed by atoms with Gasteiger partial charge in [-0.25, -0.2) is 0 Å². The maximum atomic E-state index is 12.2. The molecule has 2 fully saturated rings. The van der Waals surface area contributed by atoms with Crippen molar-refractivity contribution in [1.82, 2.24) is 5.32 Å². The fourth-order valence-corrected chi connectivity index (χ4v) is 4.01. The number of nitrogens with one attached hydrogen (secondary N) is 1. The molecule has 0 aromatic heterocycles. The summed E-state index contributed by atoms with van der Waals surface area (Å²) in [4.78, 5) is 12.2. The zero-order valence-corrected chi connectivity index (χ0v) is 13.2. The summed E-state index contributed by atoms with van der Waals surface area (Å²) in [5, 5.41) is 3.66. The van der Waals surface area contributed by atoms with Crippen LogP contribution in [0.25, 0.3) is 0 Å². The van der Waals surface area contributed by atoms with E-state index in [4.69, 9.17) is 4.74 Å². The maximum absolute atomic E-state index is 12.2. The highest BCUT2D eigenvalue weighted by Gasteiger charge is 2.33. The minimum Gasteiger partial charge on any atom is -0.468 e. The third-order valence-corrected chi connectivity index (χ3v) is 5.17. The topological polar surface area (TPSA) is 38.3 Å². The molecular formula is C17H31NO2. The third-order valence-electron chi connectivity index (χ3n) is 5.17. The Kier molecular flexibility index (Phi) is 6.34. The van der Waals surface area contributed by atoms with Crippen LogP contribution < -0.4 is 5.32 Å². The minimum atomic E-state index is -0.0779. The Balaban J connectivity index is 1.96. The lowest BCUT2D eigenvalue weighted by atomic mass is 9.78. The van der Waals surface area contributed by atoms with Gasteiger partial charge in [0.2, 0.25) is 0 Å². The summed E-state index contributed by atoms with van der Waals surface area (Å²) >= 11 is 0. The van der Waals surface area contributed by atoms with Crippen molar-refractivity contribution >= 4 is 5.97 Å². The molecule has 20 heavy (non-hydrogen) atoms. The van der Waals surface area contributed by atoms with Gasteiger partial charge in [0.25, 0.3) is 0 Å². The molecule has 116 valence electrons. The predicted octanol–water partition coefficient (Wildman–Crippen LogP) is 3.67. The molecule has 0 radical (unpaired) electrons. The van der Waals surface area contributed by atoms with Gasteiger partial charge >= 0.3 is 5.97 Å². The quantitative estimate of drug-likeness (QED) is 0.631. The number of esters is 1. The van der Waals surface area contributed by atoms with Gasteiger partial charge < -0.3 is 10.1 Å². The highest BCUT2D eigenvalue weighted by atomic mass is 16.5. The summed E-state index contributed by atoms with van der Waals surface area (Å²) in [6, 6.07) is 0.435. The van der Waals surface area contributed by atoms with E-state index in [0.717, 1.165) is 5.92 Å². The summed E-state index contributed by atoms with van der Waals surface area (Å²) in [6.07, 6.45) is 12.6. The molecular weight excluding hydrogens is 250 g/mol. The molecule has 2 aliphatic rings. The van der Waals surface area contributed by atoms with E-state index in [1.165, 1.54) is 71.3 Å². The van der Waals surface area contributed by atoms with Gasteiger partial charge in [-0.1, -0.05) is 45.4 Å². The molecule has 3 nitrogen and oxygen atoms in total. The van der Waals surface area contributed by atoms with E-state index in [1.807, 2.05) is 0 Å². The molecule has 0 heterocycles. The predicted molar refractivity (Wildman–Crippen MR) is 81.6 cm³/mol. The molecule has 0 bridgehead atoms. The standard InChI is InChI=1S/C17H31NO2/c1-13-8-7-9-14(12-13)16(17(19)20-2)18-15-10-5-3-4-6-11-15/h13-16,18H,3-12H2,1-2H3. The number of ether oxygens (including phenoxy) is 1. The van der Waals surface area contributed by atoms with Crippen LogP contribution in [0.1, 0.15) is 71.1 Å². The summed E-state index contributed by atoms with van der Waals surface area (Å²) in [5.41, 5.74) is 0. The van der Waals surface area contributed by atoms with E-state index >= 15 is 0 Å². The van der Waals surface area contributed by atoms with E-state index in [-0.39, 0.29) is 12.0 Å². The Bertz CT molecular complexity index is 297. The first kappa shape index (κ1) is 15.8. The lowest BCUT2D eigenvalue weighted by Gasteiger charge is -2.34. The van der Waals surface area contributed by atoms with Gasteiger partial charge in [-0.05, 0) is 37.5 Å². The molecule has 3 heteroatoms. The van der Waals surface area contributed by atoms with E-state index in [0.29, 0.717) is 12.0 Å². The van der Waals surface area contributed by atoms with Crippen LogP contribution in [0.3, 0.4) is 0 Å². The van der Waals surface area contributed by atoms with Crippen LogP contribution >= 0.6 is 0 Å². The Morgan fingerprint density at radius 3 is 2.35 bits per heavy atom. The van der Waals surface area contributed by atoms with Gasteiger partial charge in [-0.3, -0.25) is 4.79 Å². The molecule has 2 rings (SSSR count). The van der Waals surface area contributed by atoms with Gasteiger partial charge in [-0.15, -0.1) is 0 Å². The van der Waals surface area contributed by atoms with Crippen molar-refractivity contribution in [2.45, 2.75) is 83.2 Å². The van der Waals surface area contributed by atoms with E-state index in [1.54, 1.807) is 0 Å². The van der Waals surface area contributed by atoms with Crippen molar-refractivity contribution in [3.63, 3.8) is 0 Å². The van der Waals surface area contributed by atoms with Gasteiger partial charge in [0, 0.05) is 6.04 Å². The Labute approximate surface area is 123 Å². The van der Waals surface area contributed by atoms with Crippen LogP contribution in [0.5, 0.6) is 0 Å². The first-order chi connectivity index (χ1) is 9.70. The first-order valence-corrected chi connectivity index (χ1v) is 8.54. The summed E-state index contributed by atoms with van der Waals surface area (Å²) in [5.74, 6) is 1.17. The molecule has 2 aliphatic carbocycles. The maximum Gasteiger partial charge on any atom is 0.323 e. The zero-order chi connectivity index (χ0) is 14.4. The Hall–Kier alpha value is -0.570. The number of carbonyl (C=O) groups excluding carboxylic acids is 1. The molecule has 3 unspecified atom stereocenters. The number of rotatable bonds is 4. The molecule has 0 spiro atoms. The lowest BCUT2D eigenvalue weighted by Crippen LogP contribution is -2.49. The molecule has 0 saturated heterocycles. The molecule has 2 saturated carbocycles. The molecule has 0 aromatic rings. The van der Waals surface area contributed by atoms with Crippen molar-refractivity contribution in [2.24, 2.45) is 11.8 Å². The second-order valence-corrected chi connectivity index (χ2v) is 6.89. The van der Waals surface area contributed by atoms with Crippen LogP contribution in [0.15, 0.2) is 0 Å². The molecule has 0 aliphatic heterocycles. The molecule has 0 amide bonds. The largest absolute Gasteiger partial charge is 0.468 e. The number of carbonyl (C=O) groups is 1. The molecule has 1 N–H and O–H groups in total. The minimum absolute atomic E-state index is 0.0478. The highest BCUT2D eigenvalue weighted by Crippen LogP contribution is 2.32. The average molecular weight is 281 g/mol. The van der Waals surface area contributed by atoms with Crippen molar-refractivity contribution in [1.29, 1.82) is 0 Å². The summed E-state index contributed by atoms with van der Waals surface area (Å²) in [6.45, 7) is 2.31. The zero-order valence-electron chi connectivity index (χ0n) is 13.2. The lowest BCUT2D eigenvalue weighted by molar-refractivity contribution is -0.145. The van der Waals surface area contributed by atoms with Crippen LogP contribution in [-0.2, 0) is 9.53 Å². The van der Waals surface area contributed by atoms with E-state index in [9.17, 15) is 4.79 Å². The summed E-state index contributed by atoms with van der Waals surface area (Å²) < 4.78 is 5.07. The Morgan fingerprint density at radius 1 is 1.05 bits per heavy atom. The highest BCUT2D eigenvalue weighted by molar-refractivity contribution is 5.76. The van der Waals surface area contributed by atoms with Crippen LogP contribution in [0.2, 0.25) is 0 Å². The van der Waals surface area contributed by atoms with Crippen molar-refractivity contribution < 1.29 is 9.53 Å². The average Bonchev–Trinajstić information content (AvgIpc) is 2.72. The number of hydrogen-bond donors (Lipinski definition) is 1. The van der Waals surface area contributed by atoms with Crippen molar-refractivity contribution in [3.05, 3.63) is 0 Å². The second kappa shape index (κ2) is 8.02.